The monoisotopic (exact) mass is 304 g/mol. The third-order valence-electron chi connectivity index (χ3n) is 2.62. The Morgan fingerprint density at radius 3 is 2.64 bits per heavy atom. The highest BCUT2D eigenvalue weighted by molar-refractivity contribution is 5.81. The van der Waals surface area contributed by atoms with Crippen molar-refractivity contribution in [3.63, 3.8) is 0 Å². The Hall–Kier alpha value is -2.46. The van der Waals surface area contributed by atoms with Gasteiger partial charge >= 0.3 is 5.97 Å². The first-order valence-electron chi connectivity index (χ1n) is 6.93. The molecule has 0 spiro atoms. The summed E-state index contributed by atoms with van der Waals surface area (Å²) in [6.07, 6.45) is 0.661. The quantitative estimate of drug-likeness (QED) is 0.319. The van der Waals surface area contributed by atoms with Crippen LogP contribution in [0, 0.1) is 0 Å². The van der Waals surface area contributed by atoms with E-state index in [9.17, 15) is 9.59 Å². The molecule has 0 saturated heterocycles. The van der Waals surface area contributed by atoms with Gasteiger partial charge < -0.3 is 14.3 Å². The summed E-state index contributed by atoms with van der Waals surface area (Å²) in [5.41, 5.74) is -1.11. The number of carbonyl (C=O) groups excluding carboxylic acids is 2. The molecule has 0 fully saturated rings. The Balaban J connectivity index is 2.40. The topological polar surface area (TPSA) is 77.3 Å². The van der Waals surface area contributed by atoms with Crippen molar-refractivity contribution in [1.29, 1.82) is 0 Å². The second-order valence-electron chi connectivity index (χ2n) is 5.07. The molecule has 1 aromatic carbocycles. The molecule has 0 aliphatic heterocycles. The van der Waals surface area contributed by atoms with E-state index in [0.717, 1.165) is 0 Å². The molecule has 1 unspecified atom stereocenters. The first kappa shape index (κ1) is 17.6. The van der Waals surface area contributed by atoms with Crippen molar-refractivity contribution in [3.05, 3.63) is 30.3 Å². The van der Waals surface area contributed by atoms with Crippen molar-refractivity contribution in [1.82, 2.24) is 0 Å². The zero-order valence-corrected chi connectivity index (χ0v) is 13.0. The van der Waals surface area contributed by atoms with Gasteiger partial charge in [-0.05, 0) is 32.9 Å². The SMILES string of the molecule is CC(C=O)N=C=NC(C)(C)C(=O)OCCOc1ccccc1. The number of benzene rings is 1. The fourth-order valence-electron chi connectivity index (χ4n) is 1.31. The predicted octanol–water partition coefficient (Wildman–Crippen LogP) is 2.15. The lowest BCUT2D eigenvalue weighted by atomic mass is 10.1. The highest BCUT2D eigenvalue weighted by Gasteiger charge is 2.28. The van der Waals surface area contributed by atoms with Gasteiger partial charge in [-0.3, -0.25) is 0 Å². The van der Waals surface area contributed by atoms with Gasteiger partial charge in [-0.25, -0.2) is 14.8 Å². The molecule has 0 saturated carbocycles. The minimum absolute atomic E-state index is 0.120. The van der Waals surface area contributed by atoms with Crippen molar-refractivity contribution < 1.29 is 19.1 Å². The summed E-state index contributed by atoms with van der Waals surface area (Å²) in [6, 6.07) is 11.1. The summed E-state index contributed by atoms with van der Waals surface area (Å²) in [7, 11) is 0. The van der Waals surface area contributed by atoms with E-state index in [1.54, 1.807) is 20.8 Å². The molecule has 0 N–H and O–H groups in total. The summed E-state index contributed by atoms with van der Waals surface area (Å²) >= 11 is 0. The van der Waals surface area contributed by atoms with Crippen LogP contribution in [0.1, 0.15) is 20.8 Å². The number of nitrogens with zero attached hydrogens (tertiary/aromatic N) is 2. The van der Waals surface area contributed by atoms with Crippen LogP contribution in [0.4, 0.5) is 0 Å². The van der Waals surface area contributed by atoms with Crippen molar-refractivity contribution >= 4 is 18.3 Å². The summed E-state index contributed by atoms with van der Waals surface area (Å²) in [5, 5.41) is 0. The van der Waals surface area contributed by atoms with Gasteiger partial charge in [0.05, 0.1) is 6.01 Å². The van der Waals surface area contributed by atoms with E-state index in [0.29, 0.717) is 12.0 Å². The fourth-order valence-corrected chi connectivity index (χ4v) is 1.31. The molecule has 1 rings (SSSR count). The van der Waals surface area contributed by atoms with Gasteiger partial charge in [-0.15, -0.1) is 0 Å². The average Bonchev–Trinajstić information content (AvgIpc) is 2.51. The highest BCUT2D eigenvalue weighted by atomic mass is 16.6. The molecule has 118 valence electrons. The lowest BCUT2D eigenvalue weighted by Crippen LogP contribution is -2.32. The van der Waals surface area contributed by atoms with Gasteiger partial charge in [0, 0.05) is 0 Å². The van der Waals surface area contributed by atoms with Gasteiger partial charge in [0.1, 0.15) is 31.3 Å². The number of hydrogen-bond donors (Lipinski definition) is 0. The van der Waals surface area contributed by atoms with E-state index in [2.05, 4.69) is 16.0 Å². The van der Waals surface area contributed by atoms with E-state index >= 15 is 0 Å². The molecule has 1 aromatic rings. The summed E-state index contributed by atoms with van der Waals surface area (Å²) < 4.78 is 10.5. The molecular formula is C16H20N2O4. The highest BCUT2D eigenvalue weighted by Crippen LogP contribution is 2.11. The molecule has 6 nitrogen and oxygen atoms in total. The summed E-state index contributed by atoms with van der Waals surface area (Å²) in [5.74, 6) is 0.205. The van der Waals surface area contributed by atoms with Crippen LogP contribution in [0.3, 0.4) is 0 Å². The molecule has 6 heteroatoms. The molecule has 0 aromatic heterocycles. The van der Waals surface area contributed by atoms with Crippen LogP contribution in [0.25, 0.3) is 0 Å². The predicted molar refractivity (Wildman–Crippen MR) is 82.4 cm³/mol. The number of ether oxygens (including phenoxy) is 2. The third kappa shape index (κ3) is 6.33. The lowest BCUT2D eigenvalue weighted by Gasteiger charge is -2.16. The van der Waals surface area contributed by atoms with Crippen molar-refractivity contribution in [2.45, 2.75) is 32.4 Å². The Kier molecular flexibility index (Phi) is 6.99. The number of esters is 1. The number of aliphatic imine (C=N–C) groups is 2. The van der Waals surface area contributed by atoms with Crippen molar-refractivity contribution in [2.75, 3.05) is 13.2 Å². The largest absolute Gasteiger partial charge is 0.490 e. The maximum atomic E-state index is 11.9. The van der Waals surface area contributed by atoms with Crippen LogP contribution in [-0.4, -0.2) is 43.1 Å². The van der Waals surface area contributed by atoms with Crippen LogP contribution >= 0.6 is 0 Å². The van der Waals surface area contributed by atoms with Crippen molar-refractivity contribution in [3.8, 4) is 5.75 Å². The van der Waals surface area contributed by atoms with Crippen LogP contribution in [0.15, 0.2) is 40.3 Å². The Morgan fingerprint density at radius 2 is 2.00 bits per heavy atom. The minimum Gasteiger partial charge on any atom is -0.490 e. The fraction of sp³-hybridized carbons (Fsp3) is 0.438. The van der Waals surface area contributed by atoms with E-state index in [1.807, 2.05) is 30.3 Å². The van der Waals surface area contributed by atoms with E-state index in [4.69, 9.17) is 9.47 Å². The Bertz CT molecular complexity index is 549. The molecule has 0 aliphatic carbocycles. The maximum Gasteiger partial charge on any atom is 0.334 e. The summed E-state index contributed by atoms with van der Waals surface area (Å²) in [4.78, 5) is 29.9. The number of hydrogen-bond acceptors (Lipinski definition) is 6. The Labute approximate surface area is 129 Å². The average molecular weight is 304 g/mol. The molecule has 0 bridgehead atoms. The normalized spacial score (nSPS) is 11.8. The second kappa shape index (κ2) is 8.74. The standard InChI is InChI=1S/C16H20N2O4/c1-13(11-19)17-12-18-16(2,3)15(20)22-10-9-21-14-7-5-4-6-8-14/h4-8,11,13H,9-10H2,1-3H3. The maximum absolute atomic E-state index is 11.9. The second-order valence-corrected chi connectivity index (χ2v) is 5.07. The van der Waals surface area contributed by atoms with Crippen LogP contribution in [0.2, 0.25) is 0 Å². The first-order valence-corrected chi connectivity index (χ1v) is 6.93. The molecule has 0 radical (unpaired) electrons. The van der Waals surface area contributed by atoms with Gasteiger partial charge in [0.15, 0.2) is 5.54 Å². The number of aldehydes is 1. The number of carbonyl (C=O) groups is 2. The van der Waals surface area contributed by atoms with Gasteiger partial charge in [0.25, 0.3) is 0 Å². The zero-order chi connectivity index (χ0) is 16.4. The molecule has 1 atom stereocenters. The molecule has 0 amide bonds. The number of rotatable bonds is 8. The van der Waals surface area contributed by atoms with Gasteiger partial charge in [-0.1, -0.05) is 18.2 Å². The summed E-state index contributed by atoms with van der Waals surface area (Å²) in [6.45, 7) is 5.14. The smallest absolute Gasteiger partial charge is 0.334 e. The zero-order valence-electron chi connectivity index (χ0n) is 13.0. The molecule has 0 heterocycles. The molecule has 0 aliphatic rings. The minimum atomic E-state index is -1.11. The first-order chi connectivity index (χ1) is 10.5. The van der Waals surface area contributed by atoms with E-state index < -0.39 is 17.6 Å². The van der Waals surface area contributed by atoms with Crippen LogP contribution in [-0.2, 0) is 14.3 Å². The Morgan fingerprint density at radius 1 is 1.32 bits per heavy atom. The third-order valence-corrected chi connectivity index (χ3v) is 2.62. The van der Waals surface area contributed by atoms with Gasteiger partial charge in [0.2, 0.25) is 0 Å². The van der Waals surface area contributed by atoms with Crippen LogP contribution in [0.5, 0.6) is 5.75 Å². The molecule has 22 heavy (non-hydrogen) atoms. The molecular weight excluding hydrogens is 284 g/mol. The van der Waals surface area contributed by atoms with Gasteiger partial charge in [-0.2, -0.15) is 0 Å². The van der Waals surface area contributed by atoms with E-state index in [-0.39, 0.29) is 13.2 Å². The lowest BCUT2D eigenvalue weighted by molar-refractivity contribution is -0.149. The van der Waals surface area contributed by atoms with Crippen molar-refractivity contribution in [2.24, 2.45) is 9.98 Å². The van der Waals surface area contributed by atoms with Crippen LogP contribution < -0.4 is 4.74 Å². The van der Waals surface area contributed by atoms with E-state index in [1.165, 1.54) is 0 Å². The number of para-hydroxylation sites is 1.